The molecule has 0 amide bonds. The zero-order valence-electron chi connectivity index (χ0n) is 14.6. The van der Waals surface area contributed by atoms with Crippen LogP contribution in [0.25, 0.3) is 0 Å². The molecule has 0 atom stereocenters. The average molecular weight is 348 g/mol. The summed E-state index contributed by atoms with van der Waals surface area (Å²) in [6, 6.07) is 3.66. The average Bonchev–Trinajstić information content (AvgIpc) is 2.80. The highest BCUT2D eigenvalue weighted by molar-refractivity contribution is 7.99. The number of Topliss-reactive ketones (excluding diaryl/α,β-unsaturated/α-hetero) is 1. The quantitative estimate of drug-likeness (QED) is 0.342. The second-order valence-electron chi connectivity index (χ2n) is 5.71. The van der Waals surface area contributed by atoms with Gasteiger partial charge in [-0.2, -0.15) is 0 Å². The first kappa shape index (κ1) is 18.5. The lowest BCUT2D eigenvalue weighted by atomic mass is 10.2. The number of ketones is 1. The van der Waals surface area contributed by atoms with Crippen molar-refractivity contribution in [3.8, 4) is 0 Å². The summed E-state index contributed by atoms with van der Waals surface area (Å²) < 4.78 is 7.26. The third kappa shape index (κ3) is 4.58. The number of hydrogen-bond acceptors (Lipinski definition) is 6. The first-order valence-electron chi connectivity index (χ1n) is 7.85. The molecule has 0 aliphatic heterocycles. The van der Waals surface area contributed by atoms with Crippen LogP contribution in [-0.4, -0.2) is 39.8 Å². The Labute approximate surface area is 146 Å². The topological polar surface area (TPSA) is 83.0 Å². The molecule has 130 valence electrons. The van der Waals surface area contributed by atoms with Gasteiger partial charge in [0.05, 0.1) is 5.75 Å². The number of nitrogen functional groups attached to an aromatic ring is 1. The number of anilines is 1. The first-order valence-corrected chi connectivity index (χ1v) is 8.83. The van der Waals surface area contributed by atoms with E-state index in [0.29, 0.717) is 23.3 Å². The monoisotopic (exact) mass is 348 g/mol. The minimum Gasteiger partial charge on any atom is -0.385 e. The first-order chi connectivity index (χ1) is 11.4. The van der Waals surface area contributed by atoms with Gasteiger partial charge in [0.2, 0.25) is 0 Å². The predicted octanol–water partition coefficient (Wildman–Crippen LogP) is 2.80. The predicted molar refractivity (Wildman–Crippen MR) is 96.6 cm³/mol. The number of ether oxygens (including phenoxy) is 1. The lowest BCUT2D eigenvalue weighted by Crippen LogP contribution is -2.08. The Morgan fingerprint density at radius 3 is 2.71 bits per heavy atom. The molecule has 0 unspecified atom stereocenters. The van der Waals surface area contributed by atoms with Crippen LogP contribution in [0.4, 0.5) is 5.82 Å². The van der Waals surface area contributed by atoms with Gasteiger partial charge in [-0.25, -0.2) is 9.97 Å². The highest BCUT2D eigenvalue weighted by Gasteiger charge is 2.16. The number of carbonyl (C=O) groups is 1. The Morgan fingerprint density at radius 2 is 2.04 bits per heavy atom. The number of hydrogen-bond donors (Lipinski definition) is 1. The zero-order chi connectivity index (χ0) is 17.7. The second-order valence-corrected chi connectivity index (χ2v) is 6.65. The van der Waals surface area contributed by atoms with Crippen LogP contribution in [0, 0.1) is 20.8 Å². The van der Waals surface area contributed by atoms with Crippen LogP contribution in [0.1, 0.15) is 33.9 Å². The van der Waals surface area contributed by atoms with Crippen LogP contribution in [0.15, 0.2) is 17.3 Å². The standard InChI is InChI=1S/C17H24N4O2S/c1-11-8-16(18)20-17(19-11)24-10-15(22)14-9-12(2)21(13(14)3)6-5-7-23-4/h8-9H,5-7,10H2,1-4H3,(H2,18,19,20). The minimum absolute atomic E-state index is 0.0785. The summed E-state index contributed by atoms with van der Waals surface area (Å²) in [4.78, 5) is 21.0. The Balaban J connectivity index is 2.05. The van der Waals surface area contributed by atoms with Gasteiger partial charge in [-0.05, 0) is 33.3 Å². The SMILES string of the molecule is COCCCn1c(C)cc(C(=O)CSc2nc(C)cc(N)n2)c1C. The number of aryl methyl sites for hydroxylation is 2. The van der Waals surface area contributed by atoms with E-state index < -0.39 is 0 Å². The van der Waals surface area contributed by atoms with E-state index in [2.05, 4.69) is 14.5 Å². The van der Waals surface area contributed by atoms with Gasteiger partial charge in [-0.3, -0.25) is 4.79 Å². The maximum Gasteiger partial charge on any atom is 0.190 e. The number of rotatable bonds is 8. The summed E-state index contributed by atoms with van der Waals surface area (Å²) in [5.74, 6) is 0.800. The molecule has 2 heterocycles. The molecule has 0 saturated heterocycles. The fraction of sp³-hybridized carbons (Fsp3) is 0.471. The number of nitrogens with zero attached hydrogens (tertiary/aromatic N) is 3. The molecule has 2 aromatic heterocycles. The van der Waals surface area contributed by atoms with E-state index in [0.717, 1.165) is 35.6 Å². The highest BCUT2D eigenvalue weighted by Crippen LogP contribution is 2.21. The van der Waals surface area contributed by atoms with Gasteiger partial charge in [0, 0.05) is 49.0 Å². The number of thioether (sulfide) groups is 1. The summed E-state index contributed by atoms with van der Waals surface area (Å²) in [5, 5.41) is 0.537. The Morgan fingerprint density at radius 1 is 1.29 bits per heavy atom. The Kier molecular flexibility index (Phi) is 6.39. The highest BCUT2D eigenvalue weighted by atomic mass is 32.2. The second kappa shape index (κ2) is 8.30. The van der Waals surface area contributed by atoms with Crippen molar-refractivity contribution in [3.63, 3.8) is 0 Å². The van der Waals surface area contributed by atoms with Crippen molar-refractivity contribution in [2.75, 3.05) is 25.2 Å². The van der Waals surface area contributed by atoms with E-state index in [4.69, 9.17) is 10.5 Å². The fourth-order valence-corrected chi connectivity index (χ4v) is 3.43. The molecule has 2 aromatic rings. The molecule has 24 heavy (non-hydrogen) atoms. The van der Waals surface area contributed by atoms with Crippen molar-refractivity contribution in [2.45, 2.75) is 38.9 Å². The number of aromatic nitrogens is 3. The van der Waals surface area contributed by atoms with E-state index in [1.807, 2.05) is 26.8 Å². The molecular formula is C17H24N4O2S. The van der Waals surface area contributed by atoms with Gasteiger partial charge in [-0.15, -0.1) is 0 Å². The number of nitrogens with two attached hydrogens (primary N) is 1. The van der Waals surface area contributed by atoms with E-state index in [1.165, 1.54) is 11.8 Å². The molecule has 0 saturated carbocycles. The molecule has 0 aliphatic carbocycles. The maximum atomic E-state index is 12.6. The van der Waals surface area contributed by atoms with Crippen LogP contribution in [0.2, 0.25) is 0 Å². The lowest BCUT2D eigenvalue weighted by Gasteiger charge is -2.09. The van der Waals surface area contributed by atoms with Crippen LogP contribution < -0.4 is 5.73 Å². The largest absolute Gasteiger partial charge is 0.385 e. The number of methoxy groups -OCH3 is 1. The fourth-order valence-electron chi connectivity index (χ4n) is 2.63. The summed E-state index contributed by atoms with van der Waals surface area (Å²) in [6.45, 7) is 7.43. The van der Waals surface area contributed by atoms with Crippen LogP contribution in [-0.2, 0) is 11.3 Å². The summed E-state index contributed by atoms with van der Waals surface area (Å²) in [5.41, 5.74) is 9.37. The normalized spacial score (nSPS) is 11.0. The van der Waals surface area contributed by atoms with Gasteiger partial charge in [0.25, 0.3) is 0 Å². The van der Waals surface area contributed by atoms with Crippen molar-refractivity contribution in [1.29, 1.82) is 0 Å². The van der Waals surface area contributed by atoms with Crippen LogP contribution in [0.5, 0.6) is 0 Å². The van der Waals surface area contributed by atoms with Gasteiger partial charge < -0.3 is 15.0 Å². The van der Waals surface area contributed by atoms with E-state index in [1.54, 1.807) is 13.2 Å². The molecule has 0 aromatic carbocycles. The third-order valence-electron chi connectivity index (χ3n) is 3.79. The Bertz CT molecular complexity index is 707. The lowest BCUT2D eigenvalue weighted by molar-refractivity contribution is 0.102. The Hall–Kier alpha value is -1.86. The minimum atomic E-state index is 0.0785. The molecule has 2 N–H and O–H groups in total. The molecule has 7 heteroatoms. The van der Waals surface area contributed by atoms with Gasteiger partial charge in [0.1, 0.15) is 5.82 Å². The van der Waals surface area contributed by atoms with Crippen LogP contribution >= 0.6 is 11.8 Å². The number of carbonyl (C=O) groups excluding carboxylic acids is 1. The molecule has 0 spiro atoms. The van der Waals surface area contributed by atoms with E-state index in [9.17, 15) is 4.79 Å². The van der Waals surface area contributed by atoms with Crippen molar-refractivity contribution in [1.82, 2.24) is 14.5 Å². The molecular weight excluding hydrogens is 324 g/mol. The molecule has 0 bridgehead atoms. The molecule has 0 radical (unpaired) electrons. The molecule has 6 nitrogen and oxygen atoms in total. The van der Waals surface area contributed by atoms with Gasteiger partial charge in [-0.1, -0.05) is 11.8 Å². The van der Waals surface area contributed by atoms with Crippen molar-refractivity contribution in [2.24, 2.45) is 0 Å². The summed E-state index contributed by atoms with van der Waals surface area (Å²) in [7, 11) is 1.70. The molecule has 2 rings (SSSR count). The smallest absolute Gasteiger partial charge is 0.190 e. The van der Waals surface area contributed by atoms with Gasteiger partial charge >= 0.3 is 0 Å². The van der Waals surface area contributed by atoms with E-state index >= 15 is 0 Å². The van der Waals surface area contributed by atoms with Crippen molar-refractivity contribution in [3.05, 3.63) is 34.8 Å². The van der Waals surface area contributed by atoms with Crippen molar-refractivity contribution >= 4 is 23.4 Å². The van der Waals surface area contributed by atoms with Crippen LogP contribution in [0.3, 0.4) is 0 Å². The summed E-state index contributed by atoms with van der Waals surface area (Å²) >= 11 is 1.32. The summed E-state index contributed by atoms with van der Waals surface area (Å²) in [6.07, 6.45) is 0.922. The van der Waals surface area contributed by atoms with Gasteiger partial charge in [0.15, 0.2) is 10.9 Å². The maximum absolute atomic E-state index is 12.6. The van der Waals surface area contributed by atoms with E-state index in [-0.39, 0.29) is 5.78 Å². The molecule has 0 aliphatic rings. The van der Waals surface area contributed by atoms with Crippen molar-refractivity contribution < 1.29 is 9.53 Å². The zero-order valence-corrected chi connectivity index (χ0v) is 15.4. The molecule has 0 fully saturated rings. The third-order valence-corrected chi connectivity index (χ3v) is 4.64.